The van der Waals surface area contributed by atoms with Gasteiger partial charge in [-0.15, -0.1) is 0 Å². The lowest BCUT2D eigenvalue weighted by molar-refractivity contribution is 0.100. The topological polar surface area (TPSA) is 75.2 Å². The number of aromatic nitrogens is 2. The van der Waals surface area contributed by atoms with Gasteiger partial charge in [-0.05, 0) is 6.92 Å². The summed E-state index contributed by atoms with van der Waals surface area (Å²) >= 11 is 0. The normalized spacial score (nSPS) is 9.83. The fraction of sp³-hybridized carbons (Fsp3) is 0.429. The first-order valence-electron chi connectivity index (χ1n) is 3.50. The number of rotatable bonds is 3. The van der Waals surface area contributed by atoms with E-state index in [9.17, 15) is 9.70 Å². The van der Waals surface area contributed by atoms with Crippen LogP contribution in [0.5, 0.6) is 0 Å². The second kappa shape index (κ2) is 3.25. The number of nitrogens with zero attached hydrogens (tertiary/aromatic N) is 2. The first-order chi connectivity index (χ1) is 5.65. The average molecular weight is 167 g/mol. The van der Waals surface area contributed by atoms with Crippen LogP contribution in [0.25, 0.3) is 0 Å². The first kappa shape index (κ1) is 8.58. The highest BCUT2D eigenvalue weighted by molar-refractivity contribution is 5.90. The zero-order valence-corrected chi connectivity index (χ0v) is 6.92. The lowest BCUT2D eigenvalue weighted by Gasteiger charge is -1.86. The molecule has 0 unspecified atom stereocenters. The molecule has 0 aliphatic heterocycles. The van der Waals surface area contributed by atoms with Gasteiger partial charge in [-0.25, -0.2) is 4.98 Å². The molecule has 0 spiro atoms. The van der Waals surface area contributed by atoms with Gasteiger partial charge in [-0.1, -0.05) is 5.18 Å². The average Bonchev–Trinajstić information content (AvgIpc) is 2.34. The summed E-state index contributed by atoms with van der Waals surface area (Å²) < 4.78 is 0. The molecule has 1 rings (SSSR count). The number of H-pyrrole nitrogens is 1. The third kappa shape index (κ3) is 1.55. The molecule has 0 aliphatic carbocycles. The van der Waals surface area contributed by atoms with Crippen LogP contribution >= 0.6 is 0 Å². The van der Waals surface area contributed by atoms with Gasteiger partial charge >= 0.3 is 0 Å². The molecule has 0 radical (unpaired) electrons. The Kier molecular flexibility index (Phi) is 2.32. The summed E-state index contributed by atoms with van der Waals surface area (Å²) in [6, 6.07) is 0. The molecule has 64 valence electrons. The second-order valence-electron chi connectivity index (χ2n) is 2.49. The minimum Gasteiger partial charge on any atom is -0.337 e. The third-order valence-corrected chi connectivity index (χ3v) is 1.54. The van der Waals surface area contributed by atoms with Crippen molar-refractivity contribution in [2.24, 2.45) is 5.18 Å². The Bertz CT molecular complexity index is 316. The number of nitroso groups, excluding NO2 is 1. The molecule has 5 nitrogen and oxygen atoms in total. The van der Waals surface area contributed by atoms with Gasteiger partial charge in [-0.2, -0.15) is 4.91 Å². The van der Waals surface area contributed by atoms with Crippen molar-refractivity contribution in [2.75, 3.05) is 0 Å². The molecule has 0 saturated heterocycles. The largest absolute Gasteiger partial charge is 0.337 e. The van der Waals surface area contributed by atoms with Crippen molar-refractivity contribution in [3.05, 3.63) is 22.1 Å². The van der Waals surface area contributed by atoms with Crippen LogP contribution in [0.15, 0.2) is 5.18 Å². The fourth-order valence-electron chi connectivity index (χ4n) is 0.882. The number of hydrogen-bond donors (Lipinski definition) is 1. The molecule has 1 heterocycles. The van der Waals surface area contributed by atoms with E-state index in [0.717, 1.165) is 0 Å². The summed E-state index contributed by atoms with van der Waals surface area (Å²) in [6.45, 7) is 3.17. The zero-order valence-electron chi connectivity index (χ0n) is 6.92. The van der Waals surface area contributed by atoms with Crippen molar-refractivity contribution in [3.63, 3.8) is 0 Å². The van der Waals surface area contributed by atoms with Crippen LogP contribution in [-0.4, -0.2) is 15.8 Å². The number of Topliss-reactive ketones (excluding diaryl/α,β-unsaturated/α-hetero) is 1. The zero-order chi connectivity index (χ0) is 9.14. The number of ketones is 1. The lowest BCUT2D eigenvalue weighted by atomic mass is 10.3. The number of aryl methyl sites for hydroxylation is 1. The molecule has 0 fully saturated rings. The predicted molar refractivity (Wildman–Crippen MR) is 42.8 cm³/mol. The molecule has 1 aromatic heterocycles. The SMILES string of the molecule is CC(=O)c1nc(C)c(CN=O)[nH]1. The minimum absolute atomic E-state index is 0.0338. The summed E-state index contributed by atoms with van der Waals surface area (Å²) in [7, 11) is 0. The van der Waals surface area contributed by atoms with E-state index in [0.29, 0.717) is 11.4 Å². The van der Waals surface area contributed by atoms with E-state index < -0.39 is 0 Å². The number of nitrogens with one attached hydrogen (secondary N) is 1. The molecule has 5 heteroatoms. The van der Waals surface area contributed by atoms with Crippen molar-refractivity contribution in [3.8, 4) is 0 Å². The van der Waals surface area contributed by atoms with Crippen LogP contribution < -0.4 is 0 Å². The Labute approximate surface area is 69.2 Å². The Balaban J connectivity index is 2.99. The number of imidazole rings is 1. The molecular weight excluding hydrogens is 158 g/mol. The van der Waals surface area contributed by atoms with Gasteiger partial charge < -0.3 is 4.98 Å². The predicted octanol–water partition coefficient (Wildman–Crippen LogP) is 1.19. The second-order valence-corrected chi connectivity index (χ2v) is 2.49. The van der Waals surface area contributed by atoms with Crippen LogP contribution in [0, 0.1) is 11.8 Å². The minimum atomic E-state index is -0.143. The van der Waals surface area contributed by atoms with Crippen molar-refractivity contribution >= 4 is 5.78 Å². The third-order valence-electron chi connectivity index (χ3n) is 1.54. The molecule has 0 aromatic carbocycles. The molecule has 0 aliphatic rings. The van der Waals surface area contributed by atoms with Crippen molar-refractivity contribution in [1.82, 2.24) is 9.97 Å². The van der Waals surface area contributed by atoms with Gasteiger partial charge in [0.15, 0.2) is 11.6 Å². The summed E-state index contributed by atoms with van der Waals surface area (Å²) in [5.74, 6) is 0.140. The van der Waals surface area contributed by atoms with E-state index in [1.807, 2.05) is 0 Å². The molecule has 0 atom stereocenters. The first-order valence-corrected chi connectivity index (χ1v) is 3.50. The molecule has 0 bridgehead atoms. The van der Waals surface area contributed by atoms with E-state index in [4.69, 9.17) is 0 Å². The number of carbonyl (C=O) groups excluding carboxylic acids is 1. The molecule has 1 aromatic rings. The molecule has 0 saturated carbocycles. The van der Waals surface area contributed by atoms with E-state index in [-0.39, 0.29) is 18.2 Å². The Morgan fingerprint density at radius 3 is 2.75 bits per heavy atom. The van der Waals surface area contributed by atoms with E-state index >= 15 is 0 Å². The highest BCUT2D eigenvalue weighted by atomic mass is 16.3. The molecule has 1 N–H and O–H groups in total. The van der Waals surface area contributed by atoms with Crippen LogP contribution in [0.4, 0.5) is 0 Å². The van der Waals surface area contributed by atoms with Gasteiger partial charge in [0.05, 0.1) is 11.4 Å². The van der Waals surface area contributed by atoms with Crippen molar-refractivity contribution in [1.29, 1.82) is 0 Å². The quantitative estimate of drug-likeness (QED) is 0.542. The van der Waals surface area contributed by atoms with Crippen LogP contribution in [-0.2, 0) is 6.54 Å². The summed E-state index contributed by atoms with van der Waals surface area (Å²) in [5.41, 5.74) is 1.26. The van der Waals surface area contributed by atoms with Gasteiger partial charge in [0.1, 0.15) is 6.54 Å². The van der Waals surface area contributed by atoms with Crippen LogP contribution in [0.1, 0.15) is 28.9 Å². The van der Waals surface area contributed by atoms with E-state index in [1.165, 1.54) is 6.92 Å². The standard InChI is InChI=1S/C7H9N3O2/c1-4-6(3-8-12)10-7(9-4)5(2)11/h3H2,1-2H3,(H,9,10). The smallest absolute Gasteiger partial charge is 0.194 e. The van der Waals surface area contributed by atoms with E-state index in [1.54, 1.807) is 6.92 Å². The van der Waals surface area contributed by atoms with Crippen LogP contribution in [0.3, 0.4) is 0 Å². The fourth-order valence-corrected chi connectivity index (χ4v) is 0.882. The maximum absolute atomic E-state index is 10.8. The molecule has 12 heavy (non-hydrogen) atoms. The van der Waals surface area contributed by atoms with E-state index in [2.05, 4.69) is 15.1 Å². The molecular formula is C7H9N3O2. The molecule has 0 amide bonds. The summed E-state index contributed by atoms with van der Waals surface area (Å²) in [4.78, 5) is 27.4. The van der Waals surface area contributed by atoms with Gasteiger partial charge in [0.25, 0.3) is 0 Å². The number of hydrogen-bond acceptors (Lipinski definition) is 4. The summed E-state index contributed by atoms with van der Waals surface area (Å²) in [6.07, 6.45) is 0. The van der Waals surface area contributed by atoms with Crippen LogP contribution in [0.2, 0.25) is 0 Å². The lowest BCUT2D eigenvalue weighted by Crippen LogP contribution is -1.94. The number of carbonyl (C=O) groups is 1. The Hall–Kier alpha value is -1.52. The van der Waals surface area contributed by atoms with Gasteiger partial charge in [0, 0.05) is 6.92 Å². The maximum atomic E-state index is 10.8. The van der Waals surface area contributed by atoms with Gasteiger partial charge in [-0.3, -0.25) is 4.79 Å². The highest BCUT2D eigenvalue weighted by Gasteiger charge is 2.08. The van der Waals surface area contributed by atoms with Crippen molar-refractivity contribution in [2.45, 2.75) is 20.4 Å². The highest BCUT2D eigenvalue weighted by Crippen LogP contribution is 2.06. The summed E-state index contributed by atoms with van der Waals surface area (Å²) in [5, 5.41) is 2.71. The van der Waals surface area contributed by atoms with Crippen molar-refractivity contribution < 1.29 is 4.79 Å². The monoisotopic (exact) mass is 167 g/mol. The maximum Gasteiger partial charge on any atom is 0.194 e. The Morgan fingerprint density at radius 1 is 1.67 bits per heavy atom. The Morgan fingerprint density at radius 2 is 2.33 bits per heavy atom. The van der Waals surface area contributed by atoms with Gasteiger partial charge in [0.2, 0.25) is 0 Å². The number of aromatic amines is 1.